The smallest absolute Gasteiger partial charge is 0.303 e. The molecule has 0 spiro atoms. The number of carbonyl (C=O) groups is 1. The largest absolute Gasteiger partial charge is 0.481 e. The number of fused-ring (bicyclic) bond motifs is 3. The summed E-state index contributed by atoms with van der Waals surface area (Å²) >= 11 is 0.549. The van der Waals surface area contributed by atoms with Crippen LogP contribution in [0, 0.1) is 0 Å². The fourth-order valence-corrected chi connectivity index (χ4v) is 7.92. The first-order chi connectivity index (χ1) is 22.7. The number of benzene rings is 3. The van der Waals surface area contributed by atoms with Gasteiger partial charge in [-0.3, -0.25) is 18.9 Å². The predicted octanol–water partition coefficient (Wildman–Crippen LogP) is 6.62. The molecule has 0 fully saturated rings. The molecule has 4 N–H and O–H groups in total. The molecule has 3 aromatic rings. The SMILES string of the molecule is CC1(CCCCCC(=O)O)c2c(ccc3c(SOOO)cc(S(=O)(=O)O)cc23)N(CCCS(=O)(=O)O)C1C=CCC=Nc1ccccc1. The first-order valence-electron chi connectivity index (χ1n) is 15.2. The summed E-state index contributed by atoms with van der Waals surface area (Å²) < 4.78 is 72.2. The van der Waals surface area contributed by atoms with Gasteiger partial charge in [0.05, 0.1) is 34.4 Å². The maximum absolute atomic E-state index is 12.4. The van der Waals surface area contributed by atoms with Gasteiger partial charge >= 0.3 is 5.97 Å². The lowest BCUT2D eigenvalue weighted by Gasteiger charge is -2.36. The molecule has 13 nitrogen and oxygen atoms in total. The fraction of sp³-hybridized carbons (Fsp3) is 0.375. The number of unbranched alkanes of at least 4 members (excludes halogenated alkanes) is 2. The Morgan fingerprint density at radius 1 is 1.02 bits per heavy atom. The second-order valence-corrected chi connectivity index (χ2v) is 15.4. The molecule has 16 heteroatoms. The standard InChI is InChI=1S/C32H38N2O11S3/c1-32(17-8-3-6-14-30(35)36)29(13-7-9-18-33-23-11-4-2-5-12-23)34(19-10-20-47(38,39)40)27-16-15-25-26(31(27)32)21-24(48(41,42)43)22-28(25)46-45-44-37/h2,4-5,7,11-13,15-16,18,21-22,29,37H,3,6,8-10,14,17,19-20H2,1H3,(H,35,36)(H,38,39,40)(H,41,42,43). The van der Waals surface area contributed by atoms with Crippen molar-refractivity contribution < 1.29 is 50.5 Å². The van der Waals surface area contributed by atoms with E-state index in [4.69, 9.17) is 10.4 Å². The van der Waals surface area contributed by atoms with Crippen molar-refractivity contribution in [2.75, 3.05) is 17.2 Å². The van der Waals surface area contributed by atoms with Gasteiger partial charge in [-0.05, 0) is 65.9 Å². The number of aliphatic carboxylic acids is 1. The Kier molecular flexibility index (Phi) is 12.8. The van der Waals surface area contributed by atoms with Crippen LogP contribution in [0.2, 0.25) is 0 Å². The molecule has 2 atom stereocenters. The maximum atomic E-state index is 12.4. The first-order valence-corrected chi connectivity index (χ1v) is 18.9. The van der Waals surface area contributed by atoms with E-state index in [0.29, 0.717) is 60.6 Å². The zero-order valence-electron chi connectivity index (χ0n) is 26.1. The van der Waals surface area contributed by atoms with E-state index < -0.39 is 42.3 Å². The van der Waals surface area contributed by atoms with E-state index in [-0.39, 0.29) is 30.3 Å². The van der Waals surface area contributed by atoms with Crippen molar-refractivity contribution in [3.8, 4) is 0 Å². The van der Waals surface area contributed by atoms with Gasteiger partial charge in [0.1, 0.15) is 0 Å². The summed E-state index contributed by atoms with van der Waals surface area (Å²) in [5.41, 5.74) is 1.48. The van der Waals surface area contributed by atoms with Gasteiger partial charge < -0.3 is 10.0 Å². The Bertz CT molecular complexity index is 1870. The van der Waals surface area contributed by atoms with Gasteiger partial charge in [-0.1, -0.05) is 61.2 Å². The number of nitrogens with zero attached hydrogens (tertiary/aromatic N) is 2. The number of carboxylic acids is 1. The molecule has 0 saturated heterocycles. The zero-order valence-corrected chi connectivity index (χ0v) is 28.6. The molecule has 0 radical (unpaired) electrons. The van der Waals surface area contributed by atoms with E-state index in [1.165, 1.54) is 12.1 Å². The minimum Gasteiger partial charge on any atom is -0.481 e. The van der Waals surface area contributed by atoms with Gasteiger partial charge in [-0.25, -0.2) is 5.26 Å². The number of hydrogen-bond acceptors (Lipinski definition) is 11. The first kappa shape index (κ1) is 37.5. The summed E-state index contributed by atoms with van der Waals surface area (Å²) in [5.74, 6) is -1.36. The van der Waals surface area contributed by atoms with Crippen LogP contribution in [0.5, 0.6) is 0 Å². The van der Waals surface area contributed by atoms with Crippen molar-refractivity contribution in [2.45, 2.75) is 73.1 Å². The lowest BCUT2D eigenvalue weighted by molar-refractivity contribution is -0.432. The number of para-hydroxylation sites is 1. The highest BCUT2D eigenvalue weighted by molar-refractivity contribution is 7.94. The van der Waals surface area contributed by atoms with Gasteiger partial charge in [0, 0.05) is 41.6 Å². The van der Waals surface area contributed by atoms with Gasteiger partial charge in [-0.15, -0.1) is 4.33 Å². The molecule has 0 aromatic heterocycles. The minimum absolute atomic E-state index is 0.0211. The Morgan fingerprint density at radius 3 is 2.44 bits per heavy atom. The molecule has 260 valence electrons. The predicted molar refractivity (Wildman–Crippen MR) is 183 cm³/mol. The summed E-state index contributed by atoms with van der Waals surface area (Å²) in [6.45, 7) is 2.24. The third-order valence-corrected chi connectivity index (χ3v) is 10.6. The number of carboxylic acid groups (broad SMARTS) is 1. The molecular weight excluding hydrogens is 685 g/mol. The lowest BCUT2D eigenvalue weighted by Crippen LogP contribution is -2.42. The molecule has 1 aliphatic heterocycles. The number of aliphatic imine (C=N–C) groups is 1. The Balaban J connectivity index is 1.85. The van der Waals surface area contributed by atoms with Gasteiger partial charge in [0.15, 0.2) is 0 Å². The van der Waals surface area contributed by atoms with E-state index in [1.807, 2.05) is 60.4 Å². The summed E-state index contributed by atoms with van der Waals surface area (Å²) in [6, 6.07) is 15.2. The van der Waals surface area contributed by atoms with Crippen molar-refractivity contribution in [3.05, 3.63) is 72.3 Å². The van der Waals surface area contributed by atoms with Crippen LogP contribution in [0.4, 0.5) is 11.4 Å². The molecule has 0 aliphatic carbocycles. The molecule has 1 aliphatic rings. The van der Waals surface area contributed by atoms with E-state index in [9.17, 15) is 30.7 Å². The quantitative estimate of drug-likeness (QED) is 0.0208. The van der Waals surface area contributed by atoms with Crippen LogP contribution in [0.1, 0.15) is 57.4 Å². The third-order valence-electron chi connectivity index (χ3n) is 8.31. The molecule has 0 saturated carbocycles. The van der Waals surface area contributed by atoms with Crippen molar-refractivity contribution in [1.29, 1.82) is 0 Å². The van der Waals surface area contributed by atoms with Crippen molar-refractivity contribution >= 4 is 66.6 Å². The lowest BCUT2D eigenvalue weighted by atomic mass is 9.72. The van der Waals surface area contributed by atoms with Crippen LogP contribution >= 0.6 is 12.0 Å². The topological polar surface area (TPSA) is 200 Å². The van der Waals surface area contributed by atoms with Crippen molar-refractivity contribution in [2.24, 2.45) is 4.99 Å². The van der Waals surface area contributed by atoms with Crippen molar-refractivity contribution in [1.82, 2.24) is 0 Å². The van der Waals surface area contributed by atoms with Crippen LogP contribution in [-0.2, 0) is 39.8 Å². The second-order valence-electron chi connectivity index (χ2n) is 11.6. The van der Waals surface area contributed by atoms with Gasteiger partial charge in [-0.2, -0.15) is 16.8 Å². The molecular formula is C32H38N2O11S3. The Labute approximate surface area is 283 Å². The molecule has 2 unspecified atom stereocenters. The fourth-order valence-electron chi connectivity index (χ4n) is 6.27. The maximum Gasteiger partial charge on any atom is 0.303 e. The number of rotatable bonds is 18. The van der Waals surface area contributed by atoms with E-state index in [1.54, 1.807) is 12.3 Å². The molecule has 0 bridgehead atoms. The summed E-state index contributed by atoms with van der Waals surface area (Å²) in [6.07, 6.45) is 8.54. The van der Waals surface area contributed by atoms with Crippen LogP contribution in [0.25, 0.3) is 10.8 Å². The average Bonchev–Trinajstić information content (AvgIpc) is 3.25. The van der Waals surface area contributed by atoms with Gasteiger partial charge in [0.25, 0.3) is 20.2 Å². The highest BCUT2D eigenvalue weighted by Crippen LogP contribution is 2.53. The molecule has 4 rings (SSSR count). The van der Waals surface area contributed by atoms with E-state index >= 15 is 0 Å². The summed E-state index contributed by atoms with van der Waals surface area (Å²) in [4.78, 5) is 17.5. The van der Waals surface area contributed by atoms with Crippen LogP contribution in [-0.4, -0.2) is 66.8 Å². The number of allylic oxidation sites excluding steroid dienone is 1. The molecule has 48 heavy (non-hydrogen) atoms. The Morgan fingerprint density at radius 2 is 1.77 bits per heavy atom. The molecule has 0 amide bonds. The monoisotopic (exact) mass is 722 g/mol. The number of hydrogen-bond donors (Lipinski definition) is 4. The normalized spacial score (nSPS) is 18.3. The zero-order chi connectivity index (χ0) is 35.0. The van der Waals surface area contributed by atoms with Gasteiger partial charge in [0.2, 0.25) is 0 Å². The van der Waals surface area contributed by atoms with Crippen LogP contribution in [0.15, 0.2) is 81.5 Å². The Hall–Kier alpha value is -3.35. The summed E-state index contributed by atoms with van der Waals surface area (Å²) in [7, 11) is -8.94. The third kappa shape index (κ3) is 9.63. The highest BCUT2D eigenvalue weighted by atomic mass is 32.2. The highest BCUT2D eigenvalue weighted by Gasteiger charge is 2.47. The number of anilines is 1. The second kappa shape index (κ2) is 16.4. The average molecular weight is 723 g/mol. The van der Waals surface area contributed by atoms with E-state index in [2.05, 4.69) is 14.4 Å². The van der Waals surface area contributed by atoms with Crippen LogP contribution < -0.4 is 4.90 Å². The molecule has 3 aromatic carbocycles. The van der Waals surface area contributed by atoms with Crippen molar-refractivity contribution in [3.63, 3.8) is 0 Å². The minimum atomic E-state index is -4.69. The van der Waals surface area contributed by atoms with E-state index in [0.717, 1.165) is 11.3 Å². The summed E-state index contributed by atoms with van der Waals surface area (Å²) in [5, 5.41) is 22.7. The van der Waals surface area contributed by atoms with Crippen LogP contribution in [0.3, 0.4) is 0 Å². The molecule has 1 heterocycles.